The highest BCUT2D eigenvalue weighted by Crippen LogP contribution is 2.39. The van der Waals surface area contributed by atoms with Crippen LogP contribution >= 0.6 is 0 Å². The predicted molar refractivity (Wildman–Crippen MR) is 122 cm³/mol. The molecule has 0 unspecified atom stereocenters. The number of esters is 1. The summed E-state index contributed by atoms with van der Waals surface area (Å²) in [5.41, 5.74) is 0.927. The summed E-state index contributed by atoms with van der Waals surface area (Å²) in [6.07, 6.45) is 4.18. The summed E-state index contributed by atoms with van der Waals surface area (Å²) in [4.78, 5) is 41.7. The Morgan fingerprint density at radius 1 is 1.24 bits per heavy atom. The number of fused-ring (bicyclic) bond motifs is 4. The van der Waals surface area contributed by atoms with Crippen molar-refractivity contribution in [3.8, 4) is 5.88 Å². The van der Waals surface area contributed by atoms with E-state index < -0.39 is 17.8 Å². The molecule has 0 saturated carbocycles. The zero-order chi connectivity index (χ0) is 24.3. The topological polar surface area (TPSA) is 139 Å². The number of hydrogen-bond donors (Lipinski definition) is 2. The molecule has 12 nitrogen and oxygen atoms in total. The number of aliphatic hydroxyl groups is 1. The van der Waals surface area contributed by atoms with Gasteiger partial charge in [-0.3, -0.25) is 10.2 Å². The van der Waals surface area contributed by atoms with E-state index in [9.17, 15) is 14.7 Å². The number of amides is 2. The van der Waals surface area contributed by atoms with Crippen LogP contribution in [0.3, 0.4) is 0 Å². The fourth-order valence-corrected chi connectivity index (χ4v) is 3.87. The molecule has 2 aliphatic heterocycles. The second kappa shape index (κ2) is 9.77. The van der Waals surface area contributed by atoms with Crippen molar-refractivity contribution >= 4 is 29.3 Å². The monoisotopic (exact) mass is 472 g/mol. The highest BCUT2D eigenvalue weighted by atomic mass is 16.6. The summed E-state index contributed by atoms with van der Waals surface area (Å²) in [5.74, 6) is -0.768. The molecule has 0 aliphatic carbocycles. The number of urea groups is 1. The van der Waals surface area contributed by atoms with E-state index in [1.807, 2.05) is 0 Å². The summed E-state index contributed by atoms with van der Waals surface area (Å²) in [6, 6.07) is 2.90. The summed E-state index contributed by atoms with van der Waals surface area (Å²) in [6.45, 7) is 5.29. The molecule has 182 valence electrons. The molecule has 4 heterocycles. The number of pyridine rings is 1. The van der Waals surface area contributed by atoms with Crippen LogP contribution in [-0.2, 0) is 9.47 Å². The fourth-order valence-electron chi connectivity index (χ4n) is 3.87. The van der Waals surface area contributed by atoms with Gasteiger partial charge >= 0.3 is 12.0 Å². The van der Waals surface area contributed by atoms with Gasteiger partial charge in [-0.2, -0.15) is 0 Å². The average Bonchev–Trinajstić information content (AvgIpc) is 3.22. The van der Waals surface area contributed by atoms with Crippen molar-refractivity contribution in [2.45, 2.75) is 38.5 Å². The smallest absolute Gasteiger partial charge is 0.356 e. The van der Waals surface area contributed by atoms with E-state index >= 15 is 0 Å². The number of carbonyl (C=O) groups excluding carboxylic acids is 2. The van der Waals surface area contributed by atoms with Gasteiger partial charge in [0.1, 0.15) is 0 Å². The number of aromatic nitrogens is 3. The second-order valence-corrected chi connectivity index (χ2v) is 8.46. The van der Waals surface area contributed by atoms with Gasteiger partial charge in [0.25, 0.3) is 0 Å². The zero-order valence-corrected chi connectivity index (χ0v) is 19.4. The van der Waals surface area contributed by atoms with Crippen molar-refractivity contribution in [3.63, 3.8) is 0 Å². The Balaban J connectivity index is 1.40. The van der Waals surface area contributed by atoms with Crippen molar-refractivity contribution in [2.75, 3.05) is 48.5 Å². The number of anilines is 3. The Hall–Kier alpha value is -3.51. The lowest BCUT2D eigenvalue weighted by Gasteiger charge is -2.35. The highest BCUT2D eigenvalue weighted by molar-refractivity contribution is 6.04. The largest absolute Gasteiger partial charge is 0.476 e. The van der Waals surface area contributed by atoms with E-state index in [1.54, 1.807) is 30.9 Å². The molecule has 2 bridgehead atoms. The van der Waals surface area contributed by atoms with Crippen LogP contribution in [0.2, 0.25) is 0 Å². The van der Waals surface area contributed by atoms with Gasteiger partial charge in [0.05, 0.1) is 44.4 Å². The van der Waals surface area contributed by atoms with Crippen LogP contribution in [-0.4, -0.2) is 77.3 Å². The lowest BCUT2D eigenvalue weighted by atomic mass is 10.2. The number of methoxy groups -OCH3 is 1. The average molecular weight is 473 g/mol. The molecular weight excluding hydrogens is 444 g/mol. The number of hydrogen-bond acceptors (Lipinski definition) is 10. The number of ether oxygens (including phenoxy) is 3. The normalized spacial score (nSPS) is 16.8. The Kier molecular flexibility index (Phi) is 6.80. The maximum atomic E-state index is 13.2. The van der Waals surface area contributed by atoms with Crippen LogP contribution in [0.15, 0.2) is 24.5 Å². The minimum Gasteiger partial charge on any atom is -0.476 e. The fraction of sp³-hybridized carbons (Fsp3) is 0.500. The molecule has 2 aromatic rings. The molecule has 0 aromatic carbocycles. The van der Waals surface area contributed by atoms with Crippen LogP contribution in [0.5, 0.6) is 5.88 Å². The van der Waals surface area contributed by atoms with Crippen molar-refractivity contribution in [2.24, 2.45) is 0 Å². The van der Waals surface area contributed by atoms with E-state index in [2.05, 4.69) is 25.2 Å². The van der Waals surface area contributed by atoms with Crippen LogP contribution < -0.4 is 19.9 Å². The number of nitrogens with one attached hydrogen (secondary N) is 1. The van der Waals surface area contributed by atoms with Crippen molar-refractivity contribution in [1.82, 2.24) is 15.0 Å². The molecule has 2 aromatic heterocycles. The third kappa shape index (κ3) is 5.34. The number of carbonyl (C=O) groups is 2. The maximum absolute atomic E-state index is 13.2. The van der Waals surface area contributed by atoms with E-state index in [-0.39, 0.29) is 17.6 Å². The van der Waals surface area contributed by atoms with Crippen LogP contribution in [0.25, 0.3) is 0 Å². The first-order chi connectivity index (χ1) is 16.2. The van der Waals surface area contributed by atoms with Gasteiger partial charge < -0.3 is 24.2 Å². The first-order valence-corrected chi connectivity index (χ1v) is 11.0. The standard InChI is InChI=1S/C22H28N6O6/c1-22(2,31)34-10-4-9-33-18-12-23-17(11-24-18)26-21(30)28-14-7-8-27(13-14)16-6-5-15(20(29)32-3)25-19(16)28/h5-6,11-12,14,31H,4,7-10,13H2,1-3H3,(H,23,26,30)/t14-/m0/s1. The van der Waals surface area contributed by atoms with Crippen molar-refractivity contribution in [3.05, 3.63) is 30.2 Å². The zero-order valence-electron chi connectivity index (χ0n) is 19.4. The molecule has 0 radical (unpaired) electrons. The van der Waals surface area contributed by atoms with Gasteiger partial charge in [-0.1, -0.05) is 0 Å². The molecule has 2 N–H and O–H groups in total. The molecule has 2 aliphatic rings. The highest BCUT2D eigenvalue weighted by Gasteiger charge is 2.40. The summed E-state index contributed by atoms with van der Waals surface area (Å²) < 4.78 is 15.5. The van der Waals surface area contributed by atoms with Gasteiger partial charge in [0.2, 0.25) is 5.88 Å². The maximum Gasteiger partial charge on any atom is 0.356 e. The van der Waals surface area contributed by atoms with E-state index in [4.69, 9.17) is 14.2 Å². The van der Waals surface area contributed by atoms with Gasteiger partial charge in [0, 0.05) is 19.5 Å². The number of nitrogens with zero attached hydrogens (tertiary/aromatic N) is 5. The summed E-state index contributed by atoms with van der Waals surface area (Å²) >= 11 is 0. The molecule has 34 heavy (non-hydrogen) atoms. The lowest BCUT2D eigenvalue weighted by Crippen LogP contribution is -2.48. The van der Waals surface area contributed by atoms with E-state index in [1.165, 1.54) is 19.5 Å². The summed E-state index contributed by atoms with van der Waals surface area (Å²) in [5, 5.41) is 12.3. The molecule has 4 rings (SSSR count). The molecule has 2 amide bonds. The third-order valence-corrected chi connectivity index (χ3v) is 5.42. The molecule has 1 fully saturated rings. The third-order valence-electron chi connectivity index (χ3n) is 5.42. The van der Waals surface area contributed by atoms with Crippen molar-refractivity contribution in [1.29, 1.82) is 0 Å². The molecule has 0 spiro atoms. The van der Waals surface area contributed by atoms with Gasteiger partial charge in [-0.05, 0) is 32.4 Å². The minimum absolute atomic E-state index is 0.0745. The Labute approximate surface area is 196 Å². The van der Waals surface area contributed by atoms with E-state index in [0.717, 1.165) is 18.7 Å². The molecule has 12 heteroatoms. The molecular formula is C22H28N6O6. The van der Waals surface area contributed by atoms with Crippen LogP contribution in [0.4, 0.5) is 22.1 Å². The van der Waals surface area contributed by atoms with E-state index in [0.29, 0.717) is 37.9 Å². The van der Waals surface area contributed by atoms with Crippen LogP contribution in [0.1, 0.15) is 37.2 Å². The Morgan fingerprint density at radius 2 is 2.06 bits per heavy atom. The van der Waals surface area contributed by atoms with Crippen LogP contribution in [0, 0.1) is 0 Å². The Bertz CT molecular complexity index is 1040. The first kappa shape index (κ1) is 23.6. The lowest BCUT2D eigenvalue weighted by molar-refractivity contribution is -0.176. The van der Waals surface area contributed by atoms with Gasteiger partial charge in [-0.25, -0.2) is 24.5 Å². The predicted octanol–water partition coefficient (Wildman–Crippen LogP) is 1.80. The molecule has 1 saturated heterocycles. The van der Waals surface area contributed by atoms with Crippen molar-refractivity contribution < 1.29 is 28.9 Å². The Morgan fingerprint density at radius 3 is 2.76 bits per heavy atom. The van der Waals surface area contributed by atoms with Gasteiger partial charge in [-0.15, -0.1) is 0 Å². The molecule has 1 atom stereocenters. The minimum atomic E-state index is -1.18. The summed E-state index contributed by atoms with van der Waals surface area (Å²) in [7, 11) is 1.29. The SMILES string of the molecule is COC(=O)c1ccc2c(n1)N(C(=O)Nc1cnc(OCCCOC(C)(C)O)cn1)[C@H]1CCN2C1. The first-order valence-electron chi connectivity index (χ1n) is 11.0. The van der Waals surface area contributed by atoms with Gasteiger partial charge in [0.15, 0.2) is 23.1 Å². The quantitative estimate of drug-likeness (QED) is 0.332. The second-order valence-electron chi connectivity index (χ2n) is 8.46. The number of rotatable bonds is 8.